The summed E-state index contributed by atoms with van der Waals surface area (Å²) < 4.78 is 0. The minimum Gasteiger partial charge on any atom is -0.310 e. The van der Waals surface area contributed by atoms with Crippen molar-refractivity contribution in [1.29, 1.82) is 0 Å². The number of fused-ring (bicyclic) bond motifs is 6. The van der Waals surface area contributed by atoms with Crippen LogP contribution >= 0.6 is 0 Å². The van der Waals surface area contributed by atoms with E-state index in [-0.39, 0.29) is 21.7 Å². The highest BCUT2D eigenvalue weighted by molar-refractivity contribution is 5.96. The molecule has 0 N–H and O–H groups in total. The molecule has 0 saturated carbocycles. The molecule has 228 valence electrons. The van der Waals surface area contributed by atoms with Crippen LogP contribution in [0.3, 0.4) is 0 Å². The average Bonchev–Trinajstić information content (AvgIpc) is 3.37. The first-order valence-electron chi connectivity index (χ1n) is 16.5. The Bertz CT molecular complexity index is 1960. The summed E-state index contributed by atoms with van der Waals surface area (Å²) >= 11 is 0. The molecular weight excluding hydrogens is 542 g/mol. The molecule has 1 heteroatoms. The first-order valence-corrected chi connectivity index (χ1v) is 16.5. The van der Waals surface area contributed by atoms with Crippen LogP contribution in [0.1, 0.15) is 103 Å². The molecule has 5 aromatic rings. The van der Waals surface area contributed by atoms with Crippen molar-refractivity contribution in [3.8, 4) is 22.3 Å². The van der Waals surface area contributed by atoms with Crippen molar-refractivity contribution in [2.24, 2.45) is 0 Å². The summed E-state index contributed by atoms with van der Waals surface area (Å²) in [5, 5.41) is 0. The fraction of sp³-hybridized carbons (Fsp3) is 0.318. The maximum Gasteiger partial charge on any atom is 0.0543 e. The van der Waals surface area contributed by atoms with Gasteiger partial charge in [0.2, 0.25) is 0 Å². The molecule has 1 nitrogen and oxygen atoms in total. The molecule has 45 heavy (non-hydrogen) atoms. The lowest BCUT2D eigenvalue weighted by Gasteiger charge is -2.32. The number of benzene rings is 5. The standard InChI is InChI=1S/C44H47N/c1-41(2,3)28-25-33-39-35(44(9,10)40(33)37(26-28)42(4,5)6)21-16-22-38(39)45(29-17-12-11-13-18-29)30-23-24-32-31-19-14-15-20-34(31)43(7,8)36(32)27-30/h11-27H,1-10H3. The smallest absolute Gasteiger partial charge is 0.0543 e. The molecule has 0 radical (unpaired) electrons. The van der Waals surface area contributed by atoms with E-state index < -0.39 is 0 Å². The number of anilines is 3. The van der Waals surface area contributed by atoms with Gasteiger partial charge in [-0.05, 0) is 91.2 Å². The van der Waals surface area contributed by atoms with E-state index in [1.54, 1.807) is 0 Å². The third kappa shape index (κ3) is 4.42. The molecule has 5 aromatic carbocycles. The first kappa shape index (κ1) is 29.6. The summed E-state index contributed by atoms with van der Waals surface area (Å²) in [6, 6.07) is 39.0. The number of nitrogens with zero attached hydrogens (tertiary/aromatic N) is 1. The highest BCUT2D eigenvalue weighted by atomic mass is 15.1. The highest BCUT2D eigenvalue weighted by Crippen LogP contribution is 2.58. The topological polar surface area (TPSA) is 3.24 Å². The lowest BCUT2D eigenvalue weighted by atomic mass is 9.71. The Hall–Kier alpha value is -4.10. The van der Waals surface area contributed by atoms with Gasteiger partial charge in [0.1, 0.15) is 0 Å². The van der Waals surface area contributed by atoms with E-state index in [0.29, 0.717) is 0 Å². The maximum absolute atomic E-state index is 2.51. The Morgan fingerprint density at radius 1 is 0.489 bits per heavy atom. The number of rotatable bonds is 3. The molecule has 0 spiro atoms. The van der Waals surface area contributed by atoms with Crippen LogP contribution in [0.15, 0.2) is 103 Å². The van der Waals surface area contributed by atoms with Crippen LogP contribution in [-0.4, -0.2) is 0 Å². The van der Waals surface area contributed by atoms with E-state index in [1.807, 2.05) is 0 Å². The van der Waals surface area contributed by atoms with Gasteiger partial charge in [-0.3, -0.25) is 0 Å². The van der Waals surface area contributed by atoms with Crippen molar-refractivity contribution in [2.75, 3.05) is 4.90 Å². The van der Waals surface area contributed by atoms with Gasteiger partial charge in [-0.15, -0.1) is 0 Å². The second-order valence-electron chi connectivity index (χ2n) is 16.3. The minimum absolute atomic E-state index is 0.0184. The molecule has 0 fully saturated rings. The summed E-state index contributed by atoms with van der Waals surface area (Å²) in [6.07, 6.45) is 0. The van der Waals surface area contributed by atoms with E-state index in [2.05, 4.69) is 177 Å². The molecule has 2 aliphatic carbocycles. The van der Waals surface area contributed by atoms with E-state index in [1.165, 1.54) is 72.7 Å². The van der Waals surface area contributed by atoms with E-state index >= 15 is 0 Å². The summed E-state index contributed by atoms with van der Waals surface area (Å²) in [7, 11) is 0. The summed E-state index contributed by atoms with van der Waals surface area (Å²) in [4.78, 5) is 2.50. The number of para-hydroxylation sites is 1. The largest absolute Gasteiger partial charge is 0.310 e. The Kier molecular flexibility index (Phi) is 6.38. The van der Waals surface area contributed by atoms with Gasteiger partial charge in [0.15, 0.2) is 0 Å². The molecule has 0 atom stereocenters. The molecular formula is C44H47N. The molecule has 0 saturated heterocycles. The quantitative estimate of drug-likeness (QED) is 0.202. The fourth-order valence-corrected chi connectivity index (χ4v) is 8.04. The first-order chi connectivity index (χ1) is 21.1. The van der Waals surface area contributed by atoms with Crippen molar-refractivity contribution in [1.82, 2.24) is 0 Å². The van der Waals surface area contributed by atoms with Gasteiger partial charge >= 0.3 is 0 Å². The molecule has 0 unspecified atom stereocenters. The van der Waals surface area contributed by atoms with Crippen molar-refractivity contribution in [2.45, 2.75) is 90.9 Å². The van der Waals surface area contributed by atoms with Gasteiger partial charge in [-0.25, -0.2) is 0 Å². The molecule has 0 amide bonds. The molecule has 0 bridgehead atoms. The zero-order chi connectivity index (χ0) is 32.1. The van der Waals surface area contributed by atoms with Crippen molar-refractivity contribution in [3.63, 3.8) is 0 Å². The summed E-state index contributed by atoms with van der Waals surface area (Å²) in [6.45, 7) is 23.7. The van der Waals surface area contributed by atoms with Gasteiger partial charge < -0.3 is 4.90 Å². The van der Waals surface area contributed by atoms with Crippen LogP contribution in [0.4, 0.5) is 17.1 Å². The lowest BCUT2D eigenvalue weighted by Crippen LogP contribution is -2.24. The van der Waals surface area contributed by atoms with Crippen LogP contribution in [-0.2, 0) is 21.7 Å². The Morgan fingerprint density at radius 3 is 1.82 bits per heavy atom. The van der Waals surface area contributed by atoms with Gasteiger partial charge in [0.25, 0.3) is 0 Å². The predicted molar refractivity (Wildman–Crippen MR) is 194 cm³/mol. The fourth-order valence-electron chi connectivity index (χ4n) is 8.04. The van der Waals surface area contributed by atoms with E-state index in [0.717, 1.165) is 0 Å². The monoisotopic (exact) mass is 589 g/mol. The minimum atomic E-state index is -0.121. The Labute approximate surface area is 271 Å². The predicted octanol–water partition coefficient (Wildman–Crippen LogP) is 12.4. The van der Waals surface area contributed by atoms with Crippen molar-refractivity contribution < 1.29 is 0 Å². The van der Waals surface area contributed by atoms with Crippen LogP contribution in [0.5, 0.6) is 0 Å². The van der Waals surface area contributed by atoms with Crippen molar-refractivity contribution >= 4 is 17.1 Å². The zero-order valence-corrected chi connectivity index (χ0v) is 28.8. The normalized spacial score (nSPS) is 15.7. The Morgan fingerprint density at radius 2 is 1.13 bits per heavy atom. The SMILES string of the molecule is CC(C)(C)c1cc2c(c(C(C)(C)C)c1)C(C)(C)c1cccc(N(c3ccccc3)c3ccc4c(c3)C(C)(C)c3ccccc3-4)c1-2. The Balaban J connectivity index is 1.53. The van der Waals surface area contributed by atoms with E-state index in [4.69, 9.17) is 0 Å². The second-order valence-corrected chi connectivity index (χ2v) is 16.3. The van der Waals surface area contributed by atoms with Crippen LogP contribution in [0, 0.1) is 0 Å². The molecule has 0 aromatic heterocycles. The molecule has 0 heterocycles. The second kappa shape index (κ2) is 9.70. The van der Waals surface area contributed by atoms with Gasteiger partial charge in [-0.1, -0.05) is 142 Å². The third-order valence-corrected chi connectivity index (χ3v) is 10.5. The highest BCUT2D eigenvalue weighted by Gasteiger charge is 2.43. The lowest BCUT2D eigenvalue weighted by molar-refractivity contribution is 0.545. The van der Waals surface area contributed by atoms with Crippen LogP contribution in [0.2, 0.25) is 0 Å². The van der Waals surface area contributed by atoms with Gasteiger partial charge in [-0.2, -0.15) is 0 Å². The van der Waals surface area contributed by atoms with Crippen LogP contribution in [0.25, 0.3) is 22.3 Å². The average molecular weight is 590 g/mol. The van der Waals surface area contributed by atoms with Crippen molar-refractivity contribution in [3.05, 3.63) is 137 Å². The van der Waals surface area contributed by atoms with Crippen LogP contribution < -0.4 is 4.90 Å². The summed E-state index contributed by atoms with van der Waals surface area (Å²) in [5.74, 6) is 0. The maximum atomic E-state index is 2.51. The summed E-state index contributed by atoms with van der Waals surface area (Å²) in [5.41, 5.74) is 17.5. The molecule has 7 rings (SSSR count). The van der Waals surface area contributed by atoms with Gasteiger partial charge in [0, 0.05) is 27.8 Å². The number of hydrogen-bond acceptors (Lipinski definition) is 1. The molecule has 2 aliphatic rings. The zero-order valence-electron chi connectivity index (χ0n) is 28.8. The molecule has 0 aliphatic heterocycles. The van der Waals surface area contributed by atoms with Gasteiger partial charge in [0.05, 0.1) is 5.69 Å². The van der Waals surface area contributed by atoms with E-state index in [9.17, 15) is 0 Å². The third-order valence-electron chi connectivity index (χ3n) is 10.5. The number of hydrogen-bond donors (Lipinski definition) is 0.